The van der Waals surface area contributed by atoms with Crippen LogP contribution in [0.4, 0.5) is 0 Å². The standard InChI is InChI=1S/C24H30N2O2/c1-4-22(27)26-15-14-24(17-26,23(28)25-18(2)3)16-19-10-12-21(13-11-19)20-8-6-5-7-9-20/h5-13,18H,4,14-17H2,1-3H3,(H,25,28)/t24-/m1/s1. The summed E-state index contributed by atoms with van der Waals surface area (Å²) in [6, 6.07) is 18.8. The lowest BCUT2D eigenvalue weighted by Gasteiger charge is -2.29. The van der Waals surface area contributed by atoms with Crippen LogP contribution in [0.1, 0.15) is 39.2 Å². The van der Waals surface area contributed by atoms with E-state index in [2.05, 4.69) is 41.7 Å². The quantitative estimate of drug-likeness (QED) is 0.824. The first-order valence-corrected chi connectivity index (χ1v) is 10.2. The third kappa shape index (κ3) is 4.44. The van der Waals surface area contributed by atoms with E-state index in [4.69, 9.17) is 0 Å². The first-order chi connectivity index (χ1) is 13.4. The van der Waals surface area contributed by atoms with Gasteiger partial charge in [-0.1, -0.05) is 61.5 Å². The predicted octanol–water partition coefficient (Wildman–Crippen LogP) is 4.05. The van der Waals surface area contributed by atoms with Crippen molar-refractivity contribution in [2.45, 2.75) is 46.1 Å². The Morgan fingerprint density at radius 1 is 1.04 bits per heavy atom. The molecule has 2 aromatic carbocycles. The maximum Gasteiger partial charge on any atom is 0.228 e. The summed E-state index contributed by atoms with van der Waals surface area (Å²) in [5.74, 6) is 0.180. The second-order valence-corrected chi connectivity index (χ2v) is 8.07. The maximum absolute atomic E-state index is 13.1. The van der Waals surface area contributed by atoms with Crippen LogP contribution in [0.5, 0.6) is 0 Å². The first-order valence-electron chi connectivity index (χ1n) is 10.2. The van der Waals surface area contributed by atoms with Crippen molar-refractivity contribution in [2.24, 2.45) is 5.41 Å². The second-order valence-electron chi connectivity index (χ2n) is 8.07. The summed E-state index contributed by atoms with van der Waals surface area (Å²) >= 11 is 0. The molecular weight excluding hydrogens is 348 g/mol. The van der Waals surface area contributed by atoms with E-state index in [1.165, 1.54) is 11.1 Å². The summed E-state index contributed by atoms with van der Waals surface area (Å²) in [7, 11) is 0. The summed E-state index contributed by atoms with van der Waals surface area (Å²) < 4.78 is 0. The number of rotatable bonds is 6. The Labute approximate surface area is 167 Å². The molecular formula is C24H30N2O2. The van der Waals surface area contributed by atoms with E-state index in [-0.39, 0.29) is 17.9 Å². The van der Waals surface area contributed by atoms with Gasteiger partial charge in [-0.25, -0.2) is 0 Å². The summed E-state index contributed by atoms with van der Waals surface area (Å²) in [4.78, 5) is 27.1. The fraction of sp³-hybridized carbons (Fsp3) is 0.417. The number of carbonyl (C=O) groups excluding carboxylic acids is 2. The predicted molar refractivity (Wildman–Crippen MR) is 113 cm³/mol. The Kier molecular flexibility index (Phi) is 6.18. The van der Waals surface area contributed by atoms with Crippen LogP contribution in [0.25, 0.3) is 11.1 Å². The van der Waals surface area contributed by atoms with Gasteiger partial charge in [0.2, 0.25) is 11.8 Å². The summed E-state index contributed by atoms with van der Waals surface area (Å²) in [6.07, 6.45) is 1.83. The molecule has 0 aromatic heterocycles. The monoisotopic (exact) mass is 378 g/mol. The molecule has 0 bridgehead atoms. The summed E-state index contributed by atoms with van der Waals surface area (Å²) in [6.45, 7) is 6.98. The van der Waals surface area contributed by atoms with E-state index in [1.807, 2.05) is 43.9 Å². The molecule has 1 aliphatic heterocycles. The number of nitrogens with zero attached hydrogens (tertiary/aromatic N) is 1. The molecule has 1 saturated heterocycles. The van der Waals surface area contributed by atoms with Crippen LogP contribution in [-0.4, -0.2) is 35.8 Å². The van der Waals surface area contributed by atoms with Gasteiger partial charge in [0.05, 0.1) is 5.41 Å². The van der Waals surface area contributed by atoms with Crippen molar-refractivity contribution >= 4 is 11.8 Å². The van der Waals surface area contributed by atoms with Crippen molar-refractivity contribution in [3.8, 4) is 11.1 Å². The van der Waals surface area contributed by atoms with Crippen LogP contribution in [0, 0.1) is 5.41 Å². The van der Waals surface area contributed by atoms with Crippen molar-refractivity contribution in [2.75, 3.05) is 13.1 Å². The van der Waals surface area contributed by atoms with E-state index >= 15 is 0 Å². The minimum atomic E-state index is -0.552. The number of nitrogens with one attached hydrogen (secondary N) is 1. The van der Waals surface area contributed by atoms with Gasteiger partial charge in [0.25, 0.3) is 0 Å². The molecule has 2 aromatic rings. The lowest BCUT2D eigenvalue weighted by molar-refractivity contribution is -0.133. The molecule has 0 saturated carbocycles. The van der Waals surface area contributed by atoms with Gasteiger partial charge in [-0.05, 0) is 43.4 Å². The third-order valence-electron chi connectivity index (χ3n) is 5.51. The molecule has 4 heteroatoms. The molecule has 0 unspecified atom stereocenters. The van der Waals surface area contributed by atoms with Crippen molar-refractivity contribution < 1.29 is 9.59 Å². The van der Waals surface area contributed by atoms with Crippen LogP contribution < -0.4 is 5.32 Å². The molecule has 1 heterocycles. The first kappa shape index (κ1) is 20.1. The maximum atomic E-state index is 13.1. The van der Waals surface area contributed by atoms with Gasteiger partial charge in [0.15, 0.2) is 0 Å². The zero-order valence-electron chi connectivity index (χ0n) is 17.1. The minimum absolute atomic E-state index is 0.0565. The number of amides is 2. The third-order valence-corrected chi connectivity index (χ3v) is 5.51. The van der Waals surface area contributed by atoms with Crippen molar-refractivity contribution in [3.05, 3.63) is 60.2 Å². The molecule has 1 atom stereocenters. The zero-order chi connectivity index (χ0) is 20.1. The summed E-state index contributed by atoms with van der Waals surface area (Å²) in [5.41, 5.74) is 2.93. The Bertz CT molecular complexity index is 814. The van der Waals surface area contributed by atoms with Gasteiger partial charge in [-0.15, -0.1) is 0 Å². The van der Waals surface area contributed by atoms with E-state index in [0.29, 0.717) is 32.4 Å². The molecule has 1 aliphatic rings. The highest BCUT2D eigenvalue weighted by molar-refractivity contribution is 5.86. The lowest BCUT2D eigenvalue weighted by atomic mass is 9.79. The lowest BCUT2D eigenvalue weighted by Crippen LogP contribution is -2.47. The number of carbonyl (C=O) groups is 2. The van der Waals surface area contributed by atoms with Crippen molar-refractivity contribution in [1.82, 2.24) is 10.2 Å². The van der Waals surface area contributed by atoms with Gasteiger partial charge >= 0.3 is 0 Å². The molecule has 2 amide bonds. The fourth-order valence-electron chi connectivity index (χ4n) is 3.97. The van der Waals surface area contributed by atoms with E-state index in [1.54, 1.807) is 0 Å². The molecule has 28 heavy (non-hydrogen) atoms. The van der Waals surface area contributed by atoms with Crippen LogP contribution in [-0.2, 0) is 16.0 Å². The van der Waals surface area contributed by atoms with Crippen LogP contribution in [0.2, 0.25) is 0 Å². The van der Waals surface area contributed by atoms with Gasteiger partial charge in [-0.2, -0.15) is 0 Å². The highest BCUT2D eigenvalue weighted by atomic mass is 16.2. The van der Waals surface area contributed by atoms with E-state index in [9.17, 15) is 9.59 Å². The second kappa shape index (κ2) is 8.59. The van der Waals surface area contributed by atoms with Gasteiger partial charge < -0.3 is 10.2 Å². The van der Waals surface area contributed by atoms with E-state index in [0.717, 1.165) is 5.56 Å². The SMILES string of the molecule is CCC(=O)N1CC[C@](Cc2ccc(-c3ccccc3)cc2)(C(=O)NC(C)C)C1. The number of hydrogen-bond acceptors (Lipinski definition) is 2. The largest absolute Gasteiger partial charge is 0.353 e. The Morgan fingerprint density at radius 2 is 1.68 bits per heavy atom. The van der Waals surface area contributed by atoms with E-state index < -0.39 is 5.41 Å². The Balaban J connectivity index is 1.82. The number of benzene rings is 2. The van der Waals surface area contributed by atoms with Crippen LogP contribution in [0.15, 0.2) is 54.6 Å². The fourth-order valence-corrected chi connectivity index (χ4v) is 3.97. The average molecular weight is 379 g/mol. The van der Waals surface area contributed by atoms with Gasteiger partial charge in [-0.3, -0.25) is 9.59 Å². The minimum Gasteiger partial charge on any atom is -0.353 e. The zero-order valence-corrected chi connectivity index (χ0v) is 17.1. The topological polar surface area (TPSA) is 49.4 Å². The molecule has 3 rings (SSSR count). The molecule has 1 fully saturated rings. The number of hydrogen-bond donors (Lipinski definition) is 1. The smallest absolute Gasteiger partial charge is 0.228 e. The highest BCUT2D eigenvalue weighted by Gasteiger charge is 2.45. The van der Waals surface area contributed by atoms with Crippen molar-refractivity contribution in [3.63, 3.8) is 0 Å². The molecule has 4 nitrogen and oxygen atoms in total. The Hall–Kier alpha value is -2.62. The normalized spacial score (nSPS) is 19.1. The Morgan fingerprint density at radius 3 is 2.29 bits per heavy atom. The number of likely N-dealkylation sites (tertiary alicyclic amines) is 1. The molecule has 148 valence electrons. The molecule has 0 spiro atoms. The molecule has 1 N–H and O–H groups in total. The molecule has 0 radical (unpaired) electrons. The molecule has 0 aliphatic carbocycles. The average Bonchev–Trinajstić information content (AvgIpc) is 3.13. The van der Waals surface area contributed by atoms with Crippen LogP contribution in [0.3, 0.4) is 0 Å². The van der Waals surface area contributed by atoms with Crippen LogP contribution >= 0.6 is 0 Å². The van der Waals surface area contributed by atoms with Gasteiger partial charge in [0, 0.05) is 25.6 Å². The summed E-state index contributed by atoms with van der Waals surface area (Å²) in [5, 5.41) is 3.08. The van der Waals surface area contributed by atoms with Gasteiger partial charge in [0.1, 0.15) is 0 Å². The van der Waals surface area contributed by atoms with Crippen molar-refractivity contribution in [1.29, 1.82) is 0 Å². The highest BCUT2D eigenvalue weighted by Crippen LogP contribution is 2.35.